The van der Waals surface area contributed by atoms with Crippen LogP contribution in [0, 0.1) is 0 Å². The number of nitrogen functional groups attached to an aromatic ring is 1. The fraction of sp³-hybridized carbons (Fsp3) is 0.444. The second-order valence-corrected chi connectivity index (χ2v) is 9.96. The Balaban J connectivity index is 2.02. The van der Waals surface area contributed by atoms with E-state index in [-0.39, 0.29) is 36.8 Å². The molecule has 29 heavy (non-hydrogen) atoms. The topological polar surface area (TPSA) is 101 Å². The molecule has 2 aromatic rings. The number of rotatable bonds is 6. The molecular weight excluding hydrogens is 424 g/mol. The van der Waals surface area contributed by atoms with Crippen molar-refractivity contribution in [2.45, 2.75) is 43.1 Å². The highest BCUT2D eigenvalue weighted by molar-refractivity contribution is 7.91. The maximum absolute atomic E-state index is 13.7. The molecule has 7 nitrogen and oxygen atoms in total. The lowest BCUT2D eigenvalue weighted by Crippen LogP contribution is -2.28. The van der Waals surface area contributed by atoms with Crippen molar-refractivity contribution in [3.05, 3.63) is 34.9 Å². The summed E-state index contributed by atoms with van der Waals surface area (Å²) in [6.45, 7) is 2.64. The fourth-order valence-corrected chi connectivity index (χ4v) is 3.95. The zero-order valence-electron chi connectivity index (χ0n) is 16.0. The first-order chi connectivity index (χ1) is 13.5. The van der Waals surface area contributed by atoms with Gasteiger partial charge in [0.25, 0.3) is 11.1 Å². The fourth-order valence-electron chi connectivity index (χ4n) is 2.89. The molecule has 0 spiro atoms. The van der Waals surface area contributed by atoms with Crippen LogP contribution in [0.2, 0.25) is 5.02 Å². The van der Waals surface area contributed by atoms with Crippen molar-refractivity contribution in [3.63, 3.8) is 0 Å². The summed E-state index contributed by atoms with van der Waals surface area (Å²) in [5, 5.41) is 2.25. The molecule has 1 aliphatic rings. The van der Waals surface area contributed by atoms with Crippen LogP contribution in [-0.4, -0.2) is 42.6 Å². The van der Waals surface area contributed by atoms with Gasteiger partial charge in [0.1, 0.15) is 5.69 Å². The number of sulfone groups is 1. The van der Waals surface area contributed by atoms with Crippen LogP contribution in [0.15, 0.2) is 29.4 Å². The molecule has 0 aliphatic carbocycles. The minimum atomic E-state index is -3.85. The van der Waals surface area contributed by atoms with Crippen LogP contribution in [0.5, 0.6) is 0 Å². The Hall–Kier alpha value is -2.20. The lowest BCUT2D eigenvalue weighted by atomic mass is 10.2. The Morgan fingerprint density at radius 1 is 1.31 bits per heavy atom. The molecule has 0 atom stereocenters. The number of nitrogens with one attached hydrogen (secondary N) is 1. The number of nitrogens with zero attached hydrogens (tertiary/aromatic N) is 3. The molecule has 11 heteroatoms. The van der Waals surface area contributed by atoms with E-state index < -0.39 is 32.7 Å². The zero-order chi connectivity index (χ0) is 21.4. The molecule has 0 amide bonds. The lowest BCUT2D eigenvalue weighted by Gasteiger charge is -2.22. The van der Waals surface area contributed by atoms with E-state index in [9.17, 15) is 17.2 Å². The lowest BCUT2D eigenvalue weighted by molar-refractivity contribution is 0.0257. The molecule has 3 N–H and O–H groups in total. The number of anilines is 3. The molecule has 1 saturated heterocycles. The standard InChI is InChI=1S/C18H22ClF2N5O2S/c1-11(2)29(27,28)17-24-15(23-9-12-5-3-4-6-13(12)19)14(22)16(25-17)26-8-7-18(20,21)10-26/h3-6,11H,7-10,22H2,1-2H3,(H,23,24,25). The number of alkyl halides is 2. The van der Waals surface area contributed by atoms with Crippen LogP contribution >= 0.6 is 11.6 Å². The molecule has 0 radical (unpaired) electrons. The van der Waals surface area contributed by atoms with Crippen molar-refractivity contribution in [3.8, 4) is 0 Å². The van der Waals surface area contributed by atoms with E-state index in [1.54, 1.807) is 24.3 Å². The monoisotopic (exact) mass is 445 g/mol. The largest absolute Gasteiger partial charge is 0.393 e. The summed E-state index contributed by atoms with van der Waals surface area (Å²) in [7, 11) is -3.85. The normalized spacial score (nSPS) is 16.4. The molecule has 0 bridgehead atoms. The van der Waals surface area contributed by atoms with Gasteiger partial charge in [0.05, 0.1) is 11.8 Å². The molecule has 158 valence electrons. The molecule has 2 heterocycles. The summed E-state index contributed by atoms with van der Waals surface area (Å²) in [6.07, 6.45) is -0.356. The first-order valence-corrected chi connectivity index (χ1v) is 10.9. The number of hydrogen-bond acceptors (Lipinski definition) is 7. The molecule has 1 aromatic carbocycles. The molecule has 1 fully saturated rings. The van der Waals surface area contributed by atoms with Gasteiger partial charge in [-0.1, -0.05) is 29.8 Å². The highest BCUT2D eigenvalue weighted by atomic mass is 35.5. The molecule has 0 unspecified atom stereocenters. The maximum atomic E-state index is 13.7. The van der Waals surface area contributed by atoms with Crippen molar-refractivity contribution >= 4 is 38.8 Å². The van der Waals surface area contributed by atoms with Gasteiger partial charge in [0, 0.05) is 24.5 Å². The van der Waals surface area contributed by atoms with E-state index in [2.05, 4.69) is 15.3 Å². The third-order valence-electron chi connectivity index (χ3n) is 4.65. The van der Waals surface area contributed by atoms with Gasteiger partial charge in [-0.15, -0.1) is 0 Å². The molecule has 0 saturated carbocycles. The number of halogens is 3. The first kappa shape index (κ1) is 21.5. The molecule has 3 rings (SSSR count). The second kappa shape index (κ2) is 7.91. The number of nitrogens with two attached hydrogens (primary N) is 1. The van der Waals surface area contributed by atoms with Crippen LogP contribution in [-0.2, 0) is 16.4 Å². The van der Waals surface area contributed by atoms with Gasteiger partial charge in [0.15, 0.2) is 11.6 Å². The van der Waals surface area contributed by atoms with Crippen LogP contribution in [0.3, 0.4) is 0 Å². The van der Waals surface area contributed by atoms with Crippen LogP contribution in [0.4, 0.5) is 26.1 Å². The van der Waals surface area contributed by atoms with Crippen LogP contribution < -0.4 is 16.0 Å². The number of benzene rings is 1. The van der Waals surface area contributed by atoms with Gasteiger partial charge in [-0.2, -0.15) is 9.97 Å². The van der Waals surface area contributed by atoms with E-state index in [0.29, 0.717) is 5.02 Å². The summed E-state index contributed by atoms with van der Waals surface area (Å²) >= 11 is 6.15. The Bertz CT molecular complexity index is 1020. The number of aromatic nitrogens is 2. The Labute approximate surface area is 173 Å². The highest BCUT2D eigenvalue weighted by Crippen LogP contribution is 2.36. The first-order valence-electron chi connectivity index (χ1n) is 9.03. The summed E-state index contributed by atoms with van der Waals surface area (Å²) in [4.78, 5) is 9.42. The van der Waals surface area contributed by atoms with E-state index in [4.69, 9.17) is 17.3 Å². The van der Waals surface area contributed by atoms with Gasteiger partial charge in [-0.3, -0.25) is 0 Å². The van der Waals surface area contributed by atoms with Crippen molar-refractivity contribution < 1.29 is 17.2 Å². The molecule has 1 aromatic heterocycles. The SMILES string of the molecule is CC(C)S(=O)(=O)c1nc(NCc2ccccc2Cl)c(N)c(N2CCC(F)(F)C2)n1. The smallest absolute Gasteiger partial charge is 0.266 e. The van der Waals surface area contributed by atoms with Crippen molar-refractivity contribution in [1.29, 1.82) is 0 Å². The average molecular weight is 446 g/mol. The van der Waals surface area contributed by atoms with E-state index in [1.165, 1.54) is 18.7 Å². The van der Waals surface area contributed by atoms with Gasteiger partial charge in [-0.25, -0.2) is 17.2 Å². The third kappa shape index (κ3) is 4.53. The van der Waals surface area contributed by atoms with Gasteiger partial charge in [-0.05, 0) is 25.5 Å². The Kier molecular flexibility index (Phi) is 5.86. The molecule has 1 aliphatic heterocycles. The summed E-state index contributed by atoms with van der Waals surface area (Å²) < 4.78 is 52.7. The van der Waals surface area contributed by atoms with Gasteiger partial charge >= 0.3 is 0 Å². The summed E-state index contributed by atoms with van der Waals surface area (Å²) in [6, 6.07) is 7.09. The van der Waals surface area contributed by atoms with Crippen molar-refractivity contribution in [2.24, 2.45) is 0 Å². The third-order valence-corrected chi connectivity index (χ3v) is 6.95. The predicted molar refractivity (Wildman–Crippen MR) is 109 cm³/mol. The summed E-state index contributed by atoms with van der Waals surface area (Å²) in [5.41, 5.74) is 6.90. The van der Waals surface area contributed by atoms with Crippen LogP contribution in [0.1, 0.15) is 25.8 Å². The van der Waals surface area contributed by atoms with E-state index in [0.717, 1.165) is 5.56 Å². The van der Waals surface area contributed by atoms with E-state index >= 15 is 0 Å². The van der Waals surface area contributed by atoms with Crippen molar-refractivity contribution in [1.82, 2.24) is 9.97 Å². The molecular formula is C18H22ClF2N5O2S. The number of hydrogen-bond donors (Lipinski definition) is 2. The minimum Gasteiger partial charge on any atom is -0.393 e. The van der Waals surface area contributed by atoms with Gasteiger partial charge in [0.2, 0.25) is 9.84 Å². The second-order valence-electron chi connectivity index (χ2n) is 7.16. The predicted octanol–water partition coefficient (Wildman–Crippen LogP) is 3.35. The van der Waals surface area contributed by atoms with Gasteiger partial charge < -0.3 is 16.0 Å². The Morgan fingerprint density at radius 2 is 2.00 bits per heavy atom. The highest BCUT2D eigenvalue weighted by Gasteiger charge is 2.40. The van der Waals surface area contributed by atoms with Crippen LogP contribution in [0.25, 0.3) is 0 Å². The minimum absolute atomic E-state index is 0.0115. The average Bonchev–Trinajstić information content (AvgIpc) is 3.01. The Morgan fingerprint density at radius 3 is 2.59 bits per heavy atom. The summed E-state index contributed by atoms with van der Waals surface area (Å²) in [5.74, 6) is -2.85. The zero-order valence-corrected chi connectivity index (χ0v) is 17.6. The van der Waals surface area contributed by atoms with Crippen molar-refractivity contribution in [2.75, 3.05) is 29.0 Å². The van der Waals surface area contributed by atoms with E-state index in [1.807, 2.05) is 0 Å². The maximum Gasteiger partial charge on any atom is 0.266 e. The quantitative estimate of drug-likeness (QED) is 0.657.